The van der Waals surface area contributed by atoms with Crippen molar-refractivity contribution in [2.75, 3.05) is 13.2 Å². The minimum Gasteiger partial charge on any atom is -0.479 e. The second-order valence-corrected chi connectivity index (χ2v) is 2.14. The van der Waals surface area contributed by atoms with Crippen LogP contribution in [-0.4, -0.2) is 19.2 Å². The average molecular weight is 173 g/mol. The maximum atomic E-state index is 11.0. The molecule has 70 valence electrons. The van der Waals surface area contributed by atoms with Gasteiger partial charge in [-0.1, -0.05) is 0 Å². The average Bonchev–Trinajstić information content (AvgIpc) is 2.04. The maximum Gasteiger partial charge on any atom is 0.339 e. The van der Waals surface area contributed by atoms with Crippen LogP contribution in [0.1, 0.15) is 20.8 Å². The van der Waals surface area contributed by atoms with Crippen LogP contribution in [0, 0.1) is 0 Å². The Morgan fingerprint density at radius 3 is 2.17 bits per heavy atom. The first-order valence-electron chi connectivity index (χ1n) is 3.89. The summed E-state index contributed by atoms with van der Waals surface area (Å²) in [5.74, 6) is -0.292. The molecule has 0 aliphatic heterocycles. The Morgan fingerprint density at radius 2 is 1.75 bits per heavy atom. The minimum atomic E-state index is -0.427. The molecule has 0 saturated carbocycles. The van der Waals surface area contributed by atoms with Crippen LogP contribution in [-0.2, 0) is 14.3 Å². The number of carbonyl (C=O) groups is 1. The van der Waals surface area contributed by atoms with E-state index in [2.05, 4.69) is 0 Å². The highest BCUT2D eigenvalue weighted by Crippen LogP contribution is 2.01. The predicted molar refractivity (Wildman–Crippen MR) is 45.1 cm³/mol. The molecule has 0 heterocycles. The number of hydrogen-bond donors (Lipinski definition) is 1. The van der Waals surface area contributed by atoms with E-state index in [0.29, 0.717) is 18.8 Å². The van der Waals surface area contributed by atoms with Gasteiger partial charge in [0.15, 0.2) is 5.88 Å². The van der Waals surface area contributed by atoms with Gasteiger partial charge >= 0.3 is 5.97 Å². The third-order valence-electron chi connectivity index (χ3n) is 1.25. The summed E-state index contributed by atoms with van der Waals surface area (Å²) in [4.78, 5) is 11.0. The summed E-state index contributed by atoms with van der Waals surface area (Å²) < 4.78 is 9.64. The highest BCUT2D eigenvalue weighted by Gasteiger charge is 2.09. The van der Waals surface area contributed by atoms with Crippen molar-refractivity contribution in [3.63, 3.8) is 0 Å². The zero-order valence-corrected chi connectivity index (χ0v) is 7.72. The maximum absolute atomic E-state index is 11.0. The Morgan fingerprint density at radius 1 is 1.25 bits per heavy atom. The first-order chi connectivity index (χ1) is 5.63. The SMILES string of the molecule is CCOC(=O)/C(C)=C(/N)OCC. The summed E-state index contributed by atoms with van der Waals surface area (Å²) in [6, 6.07) is 0. The molecular weight excluding hydrogens is 158 g/mol. The van der Waals surface area contributed by atoms with E-state index in [1.807, 2.05) is 0 Å². The molecule has 0 amide bonds. The molecule has 4 heteroatoms. The molecule has 0 fully saturated rings. The molecule has 0 aromatic carbocycles. The van der Waals surface area contributed by atoms with Crippen molar-refractivity contribution in [2.45, 2.75) is 20.8 Å². The van der Waals surface area contributed by atoms with Crippen LogP contribution < -0.4 is 5.73 Å². The van der Waals surface area contributed by atoms with E-state index in [1.165, 1.54) is 0 Å². The molecule has 0 aliphatic carbocycles. The minimum absolute atomic E-state index is 0.135. The Kier molecular flexibility index (Phi) is 4.92. The lowest BCUT2D eigenvalue weighted by atomic mass is 10.3. The van der Waals surface area contributed by atoms with Gasteiger partial charge in [0.1, 0.15) is 0 Å². The number of ether oxygens (including phenoxy) is 2. The number of carbonyl (C=O) groups excluding carboxylic acids is 1. The zero-order chi connectivity index (χ0) is 9.56. The first-order valence-corrected chi connectivity index (χ1v) is 3.89. The predicted octanol–water partition coefficient (Wildman–Crippen LogP) is 0.776. The molecule has 12 heavy (non-hydrogen) atoms. The van der Waals surface area contributed by atoms with Gasteiger partial charge in [-0.2, -0.15) is 0 Å². The molecule has 0 aromatic heterocycles. The summed E-state index contributed by atoms with van der Waals surface area (Å²) >= 11 is 0. The standard InChI is InChI=1S/C8H15NO3/c1-4-11-7(9)6(3)8(10)12-5-2/h4-5,9H2,1-3H3/b7-6-. The van der Waals surface area contributed by atoms with Gasteiger partial charge in [-0.25, -0.2) is 4.79 Å². The molecule has 0 bridgehead atoms. The molecule has 2 N–H and O–H groups in total. The topological polar surface area (TPSA) is 61.5 Å². The number of hydrogen-bond acceptors (Lipinski definition) is 4. The molecule has 0 spiro atoms. The summed E-state index contributed by atoms with van der Waals surface area (Å²) in [5.41, 5.74) is 5.73. The van der Waals surface area contributed by atoms with E-state index in [1.54, 1.807) is 20.8 Å². The largest absolute Gasteiger partial charge is 0.479 e. The van der Waals surface area contributed by atoms with Crippen LogP contribution in [0.15, 0.2) is 11.5 Å². The van der Waals surface area contributed by atoms with E-state index >= 15 is 0 Å². The first kappa shape index (κ1) is 10.8. The molecule has 0 rings (SSSR count). The van der Waals surface area contributed by atoms with Crippen molar-refractivity contribution in [3.8, 4) is 0 Å². The summed E-state index contributed by atoms with van der Waals surface area (Å²) in [6.07, 6.45) is 0. The van der Waals surface area contributed by atoms with Crippen molar-refractivity contribution in [2.24, 2.45) is 5.73 Å². The normalized spacial score (nSPS) is 11.9. The fourth-order valence-corrected chi connectivity index (χ4v) is 0.604. The van der Waals surface area contributed by atoms with Gasteiger partial charge in [0, 0.05) is 0 Å². The van der Waals surface area contributed by atoms with E-state index < -0.39 is 5.97 Å². The third-order valence-corrected chi connectivity index (χ3v) is 1.25. The van der Waals surface area contributed by atoms with E-state index in [9.17, 15) is 4.79 Å². The Labute approximate surface area is 72.3 Å². The van der Waals surface area contributed by atoms with Gasteiger partial charge in [-0.15, -0.1) is 0 Å². The Balaban J connectivity index is 4.22. The Hall–Kier alpha value is -1.19. The molecular formula is C8H15NO3. The molecule has 0 radical (unpaired) electrons. The number of rotatable bonds is 4. The van der Waals surface area contributed by atoms with Gasteiger partial charge in [0.25, 0.3) is 0 Å². The van der Waals surface area contributed by atoms with Gasteiger partial charge in [-0.05, 0) is 20.8 Å². The van der Waals surface area contributed by atoms with Crippen molar-refractivity contribution in [1.29, 1.82) is 0 Å². The number of esters is 1. The second kappa shape index (κ2) is 5.46. The molecule has 0 aromatic rings. The Bertz CT molecular complexity index is 187. The quantitative estimate of drug-likeness (QED) is 0.387. The van der Waals surface area contributed by atoms with Gasteiger partial charge in [-0.3, -0.25) is 0 Å². The summed E-state index contributed by atoms with van der Waals surface area (Å²) in [6.45, 7) is 5.90. The highest BCUT2D eigenvalue weighted by molar-refractivity contribution is 5.88. The van der Waals surface area contributed by atoms with Crippen LogP contribution in [0.3, 0.4) is 0 Å². The lowest BCUT2D eigenvalue weighted by molar-refractivity contribution is -0.138. The molecule has 0 aliphatic rings. The van der Waals surface area contributed by atoms with Crippen molar-refractivity contribution >= 4 is 5.97 Å². The molecule has 0 atom stereocenters. The molecule has 4 nitrogen and oxygen atoms in total. The summed E-state index contributed by atoms with van der Waals surface area (Å²) in [5, 5.41) is 0. The highest BCUT2D eigenvalue weighted by atomic mass is 16.5. The van der Waals surface area contributed by atoms with E-state index in [4.69, 9.17) is 15.2 Å². The molecule has 0 saturated heterocycles. The lowest BCUT2D eigenvalue weighted by Crippen LogP contribution is -2.14. The zero-order valence-electron chi connectivity index (χ0n) is 7.72. The fourth-order valence-electron chi connectivity index (χ4n) is 0.604. The lowest BCUT2D eigenvalue weighted by Gasteiger charge is -2.06. The van der Waals surface area contributed by atoms with Crippen LogP contribution in [0.2, 0.25) is 0 Å². The van der Waals surface area contributed by atoms with E-state index in [0.717, 1.165) is 0 Å². The van der Waals surface area contributed by atoms with Crippen molar-refractivity contribution in [3.05, 3.63) is 11.5 Å². The smallest absolute Gasteiger partial charge is 0.339 e. The van der Waals surface area contributed by atoms with E-state index in [-0.39, 0.29) is 5.88 Å². The van der Waals surface area contributed by atoms with Crippen LogP contribution in [0.25, 0.3) is 0 Å². The van der Waals surface area contributed by atoms with Crippen molar-refractivity contribution < 1.29 is 14.3 Å². The fraction of sp³-hybridized carbons (Fsp3) is 0.625. The summed E-state index contributed by atoms with van der Waals surface area (Å²) in [7, 11) is 0. The van der Waals surface area contributed by atoms with Gasteiger partial charge < -0.3 is 15.2 Å². The van der Waals surface area contributed by atoms with Crippen molar-refractivity contribution in [1.82, 2.24) is 0 Å². The third kappa shape index (κ3) is 3.27. The monoisotopic (exact) mass is 173 g/mol. The second-order valence-electron chi connectivity index (χ2n) is 2.14. The van der Waals surface area contributed by atoms with Gasteiger partial charge in [0.2, 0.25) is 0 Å². The van der Waals surface area contributed by atoms with Crippen LogP contribution >= 0.6 is 0 Å². The van der Waals surface area contributed by atoms with Crippen LogP contribution in [0.5, 0.6) is 0 Å². The van der Waals surface area contributed by atoms with Crippen LogP contribution in [0.4, 0.5) is 0 Å². The van der Waals surface area contributed by atoms with Gasteiger partial charge in [0.05, 0.1) is 18.8 Å². The molecule has 0 unspecified atom stereocenters. The number of nitrogens with two attached hydrogens (primary N) is 1.